The highest BCUT2D eigenvalue weighted by atomic mass is 32.2. The molecule has 0 aliphatic carbocycles. The standard InChI is InChI=1S/C16H24N2O4S/c1-11(2)10-14(19)16(21)18-13(15(17)20)8-9-23(22)12-6-4-3-5-7-12/h3-7,11,13-14,19H,8-10H2,1-2H3,(H2,17,20)(H,18,21)/t13-,14-,23-/m0/s1. The molecule has 2 amide bonds. The average molecular weight is 340 g/mol. The number of benzene rings is 1. The highest BCUT2D eigenvalue weighted by Gasteiger charge is 2.23. The quantitative estimate of drug-likeness (QED) is 0.610. The highest BCUT2D eigenvalue weighted by Crippen LogP contribution is 2.09. The molecule has 1 rings (SSSR count). The highest BCUT2D eigenvalue weighted by molar-refractivity contribution is 7.85. The molecule has 7 heteroatoms. The summed E-state index contributed by atoms with van der Waals surface area (Å²) >= 11 is 0. The molecule has 4 N–H and O–H groups in total. The summed E-state index contributed by atoms with van der Waals surface area (Å²) in [5.41, 5.74) is 5.28. The van der Waals surface area contributed by atoms with Crippen LogP contribution in [0.4, 0.5) is 0 Å². The van der Waals surface area contributed by atoms with Crippen LogP contribution in [0.2, 0.25) is 0 Å². The number of carbonyl (C=O) groups excluding carboxylic acids is 2. The third-order valence-electron chi connectivity index (χ3n) is 3.26. The number of aliphatic hydroxyl groups is 1. The van der Waals surface area contributed by atoms with E-state index >= 15 is 0 Å². The fourth-order valence-electron chi connectivity index (χ4n) is 2.02. The van der Waals surface area contributed by atoms with Crippen molar-refractivity contribution in [2.24, 2.45) is 11.7 Å². The van der Waals surface area contributed by atoms with Crippen molar-refractivity contribution in [1.29, 1.82) is 0 Å². The second-order valence-corrected chi connectivity index (χ2v) is 7.33. The Bertz CT molecular complexity index is 548. The van der Waals surface area contributed by atoms with Crippen LogP contribution in [0.25, 0.3) is 0 Å². The van der Waals surface area contributed by atoms with Gasteiger partial charge in [-0.3, -0.25) is 13.8 Å². The first-order valence-electron chi connectivity index (χ1n) is 7.52. The van der Waals surface area contributed by atoms with E-state index < -0.39 is 34.8 Å². The van der Waals surface area contributed by atoms with E-state index in [0.29, 0.717) is 11.3 Å². The van der Waals surface area contributed by atoms with E-state index in [2.05, 4.69) is 5.32 Å². The molecule has 3 atom stereocenters. The van der Waals surface area contributed by atoms with Crippen LogP contribution >= 0.6 is 0 Å². The summed E-state index contributed by atoms with van der Waals surface area (Å²) in [5, 5.41) is 12.2. The van der Waals surface area contributed by atoms with Crippen LogP contribution in [-0.2, 0) is 20.4 Å². The molecule has 6 nitrogen and oxygen atoms in total. The lowest BCUT2D eigenvalue weighted by molar-refractivity contribution is -0.133. The van der Waals surface area contributed by atoms with E-state index in [9.17, 15) is 18.9 Å². The van der Waals surface area contributed by atoms with Gasteiger partial charge in [-0.25, -0.2) is 0 Å². The van der Waals surface area contributed by atoms with E-state index in [0.717, 1.165) is 0 Å². The first-order valence-corrected chi connectivity index (χ1v) is 8.84. The van der Waals surface area contributed by atoms with Crippen LogP contribution in [0.5, 0.6) is 0 Å². The fraction of sp³-hybridized carbons (Fsp3) is 0.500. The van der Waals surface area contributed by atoms with Crippen molar-refractivity contribution in [2.45, 2.75) is 43.7 Å². The number of carbonyl (C=O) groups is 2. The van der Waals surface area contributed by atoms with Gasteiger partial charge in [0.15, 0.2) is 0 Å². The lowest BCUT2D eigenvalue weighted by Crippen LogP contribution is -2.48. The van der Waals surface area contributed by atoms with Crippen molar-refractivity contribution in [1.82, 2.24) is 5.32 Å². The van der Waals surface area contributed by atoms with Crippen molar-refractivity contribution in [2.75, 3.05) is 5.75 Å². The molecule has 0 aliphatic rings. The molecule has 0 heterocycles. The van der Waals surface area contributed by atoms with Crippen LogP contribution in [0.1, 0.15) is 26.7 Å². The summed E-state index contributed by atoms with van der Waals surface area (Å²) in [6, 6.07) is 7.91. The maximum absolute atomic E-state index is 12.1. The van der Waals surface area contributed by atoms with Crippen molar-refractivity contribution in [3.63, 3.8) is 0 Å². The predicted molar refractivity (Wildman–Crippen MR) is 88.9 cm³/mol. The molecule has 0 saturated carbocycles. The predicted octanol–water partition coefficient (Wildman–Crippen LogP) is 0.561. The largest absolute Gasteiger partial charge is 0.383 e. The van der Waals surface area contributed by atoms with Crippen molar-refractivity contribution in [3.8, 4) is 0 Å². The van der Waals surface area contributed by atoms with E-state index in [-0.39, 0.29) is 18.1 Å². The van der Waals surface area contributed by atoms with Gasteiger partial charge in [-0.2, -0.15) is 0 Å². The summed E-state index contributed by atoms with van der Waals surface area (Å²) in [7, 11) is -1.28. The molecule has 0 aromatic heterocycles. The Labute approximate surface area is 138 Å². The first-order chi connectivity index (χ1) is 10.8. The molecule has 0 bridgehead atoms. The van der Waals surface area contributed by atoms with E-state index in [1.54, 1.807) is 24.3 Å². The van der Waals surface area contributed by atoms with Crippen LogP contribution < -0.4 is 11.1 Å². The van der Waals surface area contributed by atoms with Crippen LogP contribution in [0.15, 0.2) is 35.2 Å². The van der Waals surface area contributed by atoms with Crippen LogP contribution in [0.3, 0.4) is 0 Å². The number of primary amides is 1. The zero-order valence-corrected chi connectivity index (χ0v) is 14.2. The smallest absolute Gasteiger partial charge is 0.249 e. The molecule has 1 aromatic rings. The number of hydrogen-bond acceptors (Lipinski definition) is 4. The monoisotopic (exact) mass is 340 g/mol. The molecular weight excluding hydrogens is 316 g/mol. The second kappa shape index (κ2) is 9.42. The topological polar surface area (TPSA) is 109 Å². The number of nitrogens with one attached hydrogen (secondary N) is 1. The van der Waals surface area contributed by atoms with Gasteiger partial charge in [-0.05, 0) is 30.9 Å². The summed E-state index contributed by atoms with van der Waals surface area (Å²) in [6.07, 6.45) is -0.735. The van der Waals surface area contributed by atoms with E-state index in [1.807, 2.05) is 19.9 Å². The van der Waals surface area contributed by atoms with Gasteiger partial charge in [0.05, 0.1) is 10.8 Å². The average Bonchev–Trinajstić information content (AvgIpc) is 2.50. The van der Waals surface area contributed by atoms with Gasteiger partial charge in [0.25, 0.3) is 0 Å². The Kier molecular flexibility index (Phi) is 7.91. The third-order valence-corrected chi connectivity index (χ3v) is 4.66. The van der Waals surface area contributed by atoms with Gasteiger partial charge < -0.3 is 16.2 Å². The SMILES string of the molecule is CC(C)C[C@H](O)C(=O)N[C@@H](CC[S@](=O)c1ccccc1)C(N)=O. The van der Waals surface area contributed by atoms with Gasteiger partial charge in [-0.1, -0.05) is 32.0 Å². The lowest BCUT2D eigenvalue weighted by Gasteiger charge is -2.18. The molecule has 0 fully saturated rings. The van der Waals surface area contributed by atoms with Gasteiger partial charge in [0, 0.05) is 10.6 Å². The van der Waals surface area contributed by atoms with Crippen molar-refractivity contribution < 1.29 is 18.9 Å². The number of nitrogens with two attached hydrogens (primary N) is 1. The summed E-state index contributed by atoms with van der Waals surface area (Å²) in [4.78, 5) is 24.0. The minimum Gasteiger partial charge on any atom is -0.383 e. The third kappa shape index (κ3) is 6.92. The Balaban J connectivity index is 2.57. The Morgan fingerprint density at radius 1 is 1.26 bits per heavy atom. The van der Waals surface area contributed by atoms with Crippen LogP contribution in [0, 0.1) is 5.92 Å². The van der Waals surface area contributed by atoms with E-state index in [1.165, 1.54) is 0 Å². The Hall–Kier alpha value is -1.73. The molecule has 1 aromatic carbocycles. The summed E-state index contributed by atoms with van der Waals surface area (Å²) in [5.74, 6) is -1.00. The summed E-state index contributed by atoms with van der Waals surface area (Å²) in [6.45, 7) is 3.76. The Morgan fingerprint density at radius 3 is 2.39 bits per heavy atom. The number of amides is 2. The van der Waals surface area contributed by atoms with Gasteiger partial charge >= 0.3 is 0 Å². The minimum absolute atomic E-state index is 0.147. The Morgan fingerprint density at radius 2 is 1.87 bits per heavy atom. The minimum atomic E-state index is -1.28. The van der Waals surface area contributed by atoms with E-state index in [4.69, 9.17) is 5.73 Å². The van der Waals surface area contributed by atoms with Crippen molar-refractivity contribution in [3.05, 3.63) is 30.3 Å². The molecule has 0 unspecified atom stereocenters. The molecule has 0 spiro atoms. The normalized spacial score (nSPS) is 15.0. The van der Waals surface area contributed by atoms with Crippen LogP contribution in [-0.4, -0.2) is 39.0 Å². The molecule has 0 aliphatic heterocycles. The second-order valence-electron chi connectivity index (χ2n) is 5.76. The lowest BCUT2D eigenvalue weighted by atomic mass is 10.1. The maximum Gasteiger partial charge on any atom is 0.249 e. The zero-order chi connectivity index (χ0) is 17.4. The number of hydrogen-bond donors (Lipinski definition) is 3. The summed E-state index contributed by atoms with van der Waals surface area (Å²) < 4.78 is 12.1. The molecular formula is C16H24N2O4S. The fourth-order valence-corrected chi connectivity index (χ4v) is 3.17. The van der Waals surface area contributed by atoms with Gasteiger partial charge in [-0.15, -0.1) is 0 Å². The molecule has 23 heavy (non-hydrogen) atoms. The molecule has 0 radical (unpaired) electrons. The molecule has 0 saturated heterocycles. The molecule has 128 valence electrons. The first kappa shape index (κ1) is 19.3. The maximum atomic E-state index is 12.1. The number of rotatable bonds is 9. The van der Waals surface area contributed by atoms with Crippen molar-refractivity contribution >= 4 is 22.6 Å². The zero-order valence-electron chi connectivity index (χ0n) is 13.4. The van der Waals surface area contributed by atoms with Gasteiger partial charge in [0.2, 0.25) is 11.8 Å². The van der Waals surface area contributed by atoms with Gasteiger partial charge in [0.1, 0.15) is 12.1 Å². The number of aliphatic hydroxyl groups excluding tert-OH is 1.